The van der Waals surface area contributed by atoms with Crippen LogP contribution in [0.4, 0.5) is 0 Å². The molecule has 1 heterocycles. The third kappa shape index (κ3) is 3.16. The number of methoxy groups -OCH3 is 3. The summed E-state index contributed by atoms with van der Waals surface area (Å²) in [6.45, 7) is 0. The van der Waals surface area contributed by atoms with Crippen molar-refractivity contribution in [3.05, 3.63) is 35.7 Å². The van der Waals surface area contributed by atoms with E-state index < -0.39 is 0 Å². The Hall–Kier alpha value is -2.50. The molecule has 0 saturated heterocycles. The Morgan fingerprint density at radius 1 is 1.10 bits per heavy atom. The highest BCUT2D eigenvalue weighted by atomic mass is 16.5. The van der Waals surface area contributed by atoms with Crippen molar-refractivity contribution in [3.63, 3.8) is 0 Å². The molecule has 0 fully saturated rings. The Kier molecular flexibility index (Phi) is 4.47. The molecule has 0 radical (unpaired) electrons. The van der Waals surface area contributed by atoms with E-state index in [9.17, 15) is 4.79 Å². The molecule has 0 bridgehead atoms. The molecule has 0 N–H and O–H groups in total. The van der Waals surface area contributed by atoms with E-state index >= 15 is 0 Å². The molecule has 2 rings (SSSR count). The van der Waals surface area contributed by atoms with Crippen molar-refractivity contribution in [2.45, 2.75) is 6.42 Å². The standard InChI is InChI=1S/C15H18N2O4/c1-17-9-10(8-16-17)5-12(18)11-6-14(20-3)15(21-4)7-13(11)19-2/h6-9H,5H2,1-4H3. The van der Waals surface area contributed by atoms with Crippen LogP contribution in [0.3, 0.4) is 0 Å². The number of benzene rings is 1. The SMILES string of the molecule is COc1cc(OC)c(C(=O)Cc2cnn(C)c2)cc1OC. The van der Waals surface area contributed by atoms with Gasteiger partial charge in [-0.2, -0.15) is 5.10 Å². The number of aryl methyl sites for hydroxylation is 1. The van der Waals surface area contributed by atoms with Crippen LogP contribution in [0, 0.1) is 0 Å². The summed E-state index contributed by atoms with van der Waals surface area (Å²) in [4.78, 5) is 12.5. The molecule has 0 aliphatic heterocycles. The van der Waals surface area contributed by atoms with Gasteiger partial charge in [0.1, 0.15) is 5.75 Å². The molecule has 6 nitrogen and oxygen atoms in total. The molecule has 6 heteroatoms. The van der Waals surface area contributed by atoms with E-state index in [1.54, 1.807) is 23.0 Å². The Bertz CT molecular complexity index is 649. The highest BCUT2D eigenvalue weighted by molar-refractivity contribution is 6.00. The first kappa shape index (κ1) is 14.9. The highest BCUT2D eigenvalue weighted by Crippen LogP contribution is 2.35. The molecule has 2 aromatic rings. The number of carbonyl (C=O) groups excluding carboxylic acids is 1. The van der Waals surface area contributed by atoms with Gasteiger partial charge in [-0.25, -0.2) is 0 Å². The number of hydrogen-bond acceptors (Lipinski definition) is 5. The van der Waals surface area contributed by atoms with Gasteiger partial charge in [0.05, 0.1) is 33.1 Å². The van der Waals surface area contributed by atoms with Crippen molar-refractivity contribution in [2.24, 2.45) is 7.05 Å². The second kappa shape index (κ2) is 6.30. The molecule has 0 aliphatic rings. The molecule has 21 heavy (non-hydrogen) atoms. The number of Topliss-reactive ketones (excluding diaryl/α,β-unsaturated/α-hetero) is 1. The third-order valence-electron chi connectivity index (χ3n) is 3.13. The monoisotopic (exact) mass is 290 g/mol. The first-order valence-corrected chi connectivity index (χ1v) is 6.39. The summed E-state index contributed by atoms with van der Waals surface area (Å²) in [7, 11) is 6.39. The molecule has 1 aromatic heterocycles. The quantitative estimate of drug-likeness (QED) is 0.760. The molecule has 0 unspecified atom stereocenters. The molecule has 1 aromatic carbocycles. The summed E-state index contributed by atoms with van der Waals surface area (Å²) in [5, 5.41) is 4.06. The van der Waals surface area contributed by atoms with Crippen LogP contribution in [-0.4, -0.2) is 36.9 Å². The zero-order valence-electron chi connectivity index (χ0n) is 12.5. The fourth-order valence-electron chi connectivity index (χ4n) is 2.09. The lowest BCUT2D eigenvalue weighted by molar-refractivity contribution is 0.0989. The lowest BCUT2D eigenvalue weighted by atomic mass is 10.0. The van der Waals surface area contributed by atoms with E-state index in [2.05, 4.69) is 5.10 Å². The van der Waals surface area contributed by atoms with Crippen molar-refractivity contribution in [1.82, 2.24) is 9.78 Å². The molecule has 0 saturated carbocycles. The average Bonchev–Trinajstić information content (AvgIpc) is 2.90. The second-order valence-corrected chi connectivity index (χ2v) is 4.53. The van der Waals surface area contributed by atoms with E-state index in [0.717, 1.165) is 5.56 Å². The van der Waals surface area contributed by atoms with E-state index in [1.807, 2.05) is 13.2 Å². The zero-order valence-corrected chi connectivity index (χ0v) is 12.5. The average molecular weight is 290 g/mol. The van der Waals surface area contributed by atoms with Crippen molar-refractivity contribution < 1.29 is 19.0 Å². The molecule has 0 atom stereocenters. The number of ketones is 1. The van der Waals surface area contributed by atoms with Gasteiger partial charge in [-0.1, -0.05) is 0 Å². The van der Waals surface area contributed by atoms with Crippen LogP contribution in [-0.2, 0) is 13.5 Å². The van der Waals surface area contributed by atoms with Gasteiger partial charge < -0.3 is 14.2 Å². The van der Waals surface area contributed by atoms with Gasteiger partial charge in [0.25, 0.3) is 0 Å². The Morgan fingerprint density at radius 2 is 1.71 bits per heavy atom. The fraction of sp³-hybridized carbons (Fsp3) is 0.333. The van der Waals surface area contributed by atoms with Crippen LogP contribution in [0.2, 0.25) is 0 Å². The maximum atomic E-state index is 12.5. The number of aromatic nitrogens is 2. The summed E-state index contributed by atoms with van der Waals surface area (Å²) in [6.07, 6.45) is 3.73. The van der Waals surface area contributed by atoms with Crippen molar-refractivity contribution >= 4 is 5.78 Å². The second-order valence-electron chi connectivity index (χ2n) is 4.53. The van der Waals surface area contributed by atoms with E-state index in [4.69, 9.17) is 14.2 Å². The van der Waals surface area contributed by atoms with Gasteiger partial charge in [0.15, 0.2) is 17.3 Å². The Labute approximate surface area is 123 Å². The maximum absolute atomic E-state index is 12.5. The topological polar surface area (TPSA) is 62.6 Å². The van der Waals surface area contributed by atoms with Gasteiger partial charge in [-0.3, -0.25) is 9.48 Å². The minimum Gasteiger partial charge on any atom is -0.496 e. The van der Waals surface area contributed by atoms with Crippen molar-refractivity contribution in [1.29, 1.82) is 0 Å². The summed E-state index contributed by atoms with van der Waals surface area (Å²) in [5.41, 5.74) is 1.30. The smallest absolute Gasteiger partial charge is 0.171 e. The van der Waals surface area contributed by atoms with Crippen LogP contribution in [0.25, 0.3) is 0 Å². The van der Waals surface area contributed by atoms with Crippen molar-refractivity contribution in [3.8, 4) is 17.2 Å². The number of nitrogens with zero attached hydrogens (tertiary/aromatic N) is 2. The minimum absolute atomic E-state index is 0.0687. The summed E-state index contributed by atoms with van der Waals surface area (Å²) in [5.74, 6) is 1.41. The van der Waals surface area contributed by atoms with Crippen LogP contribution < -0.4 is 14.2 Å². The summed E-state index contributed by atoms with van der Waals surface area (Å²) in [6, 6.07) is 3.28. The molecule has 112 valence electrons. The van der Waals surface area contributed by atoms with Gasteiger partial charge in [-0.15, -0.1) is 0 Å². The summed E-state index contributed by atoms with van der Waals surface area (Å²) >= 11 is 0. The summed E-state index contributed by atoms with van der Waals surface area (Å²) < 4.78 is 17.4. The van der Waals surface area contributed by atoms with Gasteiger partial charge in [0.2, 0.25) is 0 Å². The third-order valence-corrected chi connectivity index (χ3v) is 3.13. The first-order chi connectivity index (χ1) is 10.1. The van der Waals surface area contributed by atoms with Crippen LogP contribution in [0.1, 0.15) is 15.9 Å². The number of carbonyl (C=O) groups is 1. The Balaban J connectivity index is 2.34. The first-order valence-electron chi connectivity index (χ1n) is 6.39. The van der Waals surface area contributed by atoms with Crippen LogP contribution in [0.15, 0.2) is 24.5 Å². The fourth-order valence-corrected chi connectivity index (χ4v) is 2.09. The van der Waals surface area contributed by atoms with Crippen molar-refractivity contribution in [2.75, 3.05) is 21.3 Å². The number of rotatable bonds is 6. The van der Waals surface area contributed by atoms with Gasteiger partial charge in [-0.05, 0) is 11.6 Å². The minimum atomic E-state index is -0.0687. The largest absolute Gasteiger partial charge is 0.496 e. The molecule has 0 spiro atoms. The number of hydrogen-bond donors (Lipinski definition) is 0. The van der Waals surface area contributed by atoms with Gasteiger partial charge in [0, 0.05) is 25.7 Å². The normalized spacial score (nSPS) is 10.3. The van der Waals surface area contributed by atoms with Crippen LogP contribution >= 0.6 is 0 Å². The predicted octanol–water partition coefficient (Wildman–Crippen LogP) is 1.87. The number of ether oxygens (including phenoxy) is 3. The molecule has 0 amide bonds. The lowest BCUT2D eigenvalue weighted by Crippen LogP contribution is -2.06. The van der Waals surface area contributed by atoms with E-state index in [-0.39, 0.29) is 12.2 Å². The molecular formula is C15H18N2O4. The van der Waals surface area contributed by atoms with E-state index in [0.29, 0.717) is 22.8 Å². The van der Waals surface area contributed by atoms with Gasteiger partial charge >= 0.3 is 0 Å². The lowest BCUT2D eigenvalue weighted by Gasteiger charge is -2.13. The molecule has 0 aliphatic carbocycles. The van der Waals surface area contributed by atoms with Crippen LogP contribution in [0.5, 0.6) is 17.2 Å². The van der Waals surface area contributed by atoms with E-state index in [1.165, 1.54) is 21.3 Å². The molecular weight excluding hydrogens is 272 g/mol. The predicted molar refractivity (Wildman–Crippen MR) is 77.3 cm³/mol. The maximum Gasteiger partial charge on any atom is 0.171 e. The zero-order chi connectivity index (χ0) is 15.4. The Morgan fingerprint density at radius 3 is 2.24 bits per heavy atom. The highest BCUT2D eigenvalue weighted by Gasteiger charge is 2.18.